The van der Waals surface area contributed by atoms with E-state index in [1.54, 1.807) is 6.92 Å². The molecule has 0 saturated carbocycles. The predicted octanol–water partition coefficient (Wildman–Crippen LogP) is 6.80. The molecule has 10 heteroatoms. The summed E-state index contributed by atoms with van der Waals surface area (Å²) in [7, 11) is 0. The maximum absolute atomic E-state index is 13.0. The Morgan fingerprint density at radius 2 is 1.59 bits per heavy atom. The Kier molecular flexibility index (Phi) is 11.2. The van der Waals surface area contributed by atoms with E-state index < -0.39 is 12.1 Å². The summed E-state index contributed by atoms with van der Waals surface area (Å²) in [5.74, 6) is -1.80. The second-order valence-electron chi connectivity index (χ2n) is 9.63. The summed E-state index contributed by atoms with van der Waals surface area (Å²) >= 11 is 0. The van der Waals surface area contributed by atoms with Crippen molar-refractivity contribution in [2.24, 2.45) is 0 Å². The van der Waals surface area contributed by atoms with E-state index in [0.717, 1.165) is 53.7 Å². The van der Waals surface area contributed by atoms with E-state index in [1.807, 2.05) is 54.7 Å². The highest BCUT2D eigenvalue weighted by molar-refractivity contribution is 5.85. The number of amides is 1. The van der Waals surface area contributed by atoms with E-state index in [0.29, 0.717) is 12.8 Å². The number of H-pyrrole nitrogens is 1. The molecule has 0 radical (unpaired) electrons. The molecule has 7 nitrogen and oxygen atoms in total. The van der Waals surface area contributed by atoms with Crippen molar-refractivity contribution >= 4 is 28.4 Å². The van der Waals surface area contributed by atoms with Crippen molar-refractivity contribution < 1.29 is 32.7 Å². The van der Waals surface area contributed by atoms with Gasteiger partial charge in [0.25, 0.3) is 0 Å². The number of benzene rings is 3. The summed E-state index contributed by atoms with van der Waals surface area (Å²) < 4.78 is 31.7. The smallest absolute Gasteiger partial charge is 0.475 e. The van der Waals surface area contributed by atoms with Crippen molar-refractivity contribution in [2.45, 2.75) is 57.7 Å². The van der Waals surface area contributed by atoms with Gasteiger partial charge in [0.15, 0.2) is 0 Å². The van der Waals surface area contributed by atoms with E-state index in [-0.39, 0.29) is 17.7 Å². The molecule has 41 heavy (non-hydrogen) atoms. The number of carboxylic acid groups (broad SMARTS) is 1. The third kappa shape index (κ3) is 10.2. The molecule has 3 aromatic carbocycles. The van der Waals surface area contributed by atoms with E-state index in [9.17, 15) is 22.8 Å². The van der Waals surface area contributed by atoms with Crippen molar-refractivity contribution in [3.8, 4) is 11.3 Å². The lowest BCUT2D eigenvalue weighted by Gasteiger charge is -2.17. The quantitative estimate of drug-likeness (QED) is 0.173. The molecule has 0 aliphatic carbocycles. The Balaban J connectivity index is 0.000000587. The largest absolute Gasteiger partial charge is 0.490 e. The molecule has 0 aliphatic rings. The van der Waals surface area contributed by atoms with Crippen LogP contribution < -0.4 is 5.32 Å². The summed E-state index contributed by atoms with van der Waals surface area (Å²) in [5, 5.41) is 12.6. The van der Waals surface area contributed by atoms with Gasteiger partial charge in [0.05, 0.1) is 24.4 Å². The predicted molar refractivity (Wildman–Crippen MR) is 150 cm³/mol. The third-order valence-electron chi connectivity index (χ3n) is 6.29. The van der Waals surface area contributed by atoms with E-state index in [1.165, 1.54) is 5.39 Å². The van der Waals surface area contributed by atoms with Gasteiger partial charge >= 0.3 is 12.1 Å². The monoisotopic (exact) mass is 567 g/mol. The normalized spacial score (nSPS) is 11.8. The Bertz CT molecular complexity index is 1450. The van der Waals surface area contributed by atoms with Crippen molar-refractivity contribution in [1.29, 1.82) is 0 Å². The number of fused-ring (bicyclic) bond motifs is 1. The number of hydrogen-bond donors (Lipinski definition) is 3. The van der Waals surface area contributed by atoms with Gasteiger partial charge in [-0.15, -0.1) is 0 Å². The number of hydrogen-bond acceptors (Lipinski definition) is 4. The van der Waals surface area contributed by atoms with Crippen LogP contribution >= 0.6 is 0 Å². The van der Waals surface area contributed by atoms with Gasteiger partial charge in [-0.3, -0.25) is 4.79 Å². The number of carbonyl (C=O) groups excluding carboxylic acids is 2. The zero-order valence-electron chi connectivity index (χ0n) is 22.6. The van der Waals surface area contributed by atoms with Crippen LogP contribution in [0.3, 0.4) is 0 Å². The number of rotatable bonds is 11. The highest BCUT2D eigenvalue weighted by Gasteiger charge is 2.38. The summed E-state index contributed by atoms with van der Waals surface area (Å²) in [6, 6.07) is 24.1. The number of Topliss-reactive ketones (excluding diaryl/α,β-unsaturated/α-hetero) is 1. The second kappa shape index (κ2) is 14.8. The first kappa shape index (κ1) is 31.1. The Morgan fingerprint density at radius 1 is 0.927 bits per heavy atom. The molecule has 0 unspecified atom stereocenters. The molecule has 4 aromatic rings. The third-order valence-corrected chi connectivity index (χ3v) is 6.29. The number of carbonyl (C=O) groups is 3. The Hall–Kier alpha value is -4.47. The number of alkyl halides is 3. The lowest BCUT2D eigenvalue weighted by atomic mass is 10.0. The standard InChI is InChI=1S/C29H31N3O2.C2HF3O2/c1-21(33)10-4-2-7-15-26(29-30-20-27(32-29)24-12-5-3-6-13-24)31-28(34)19-22-16-17-23-11-8-9-14-25(23)18-22;3-2(4,5)1(6)7/h3,5-6,8-9,11-14,16-18,20,26H,2,4,7,10,15,19H2,1H3,(H,30,32)(H,31,34);(H,6,7)/t26-;/m0./s1. The number of aliphatic carboxylic acids is 1. The minimum atomic E-state index is -5.08. The highest BCUT2D eigenvalue weighted by Crippen LogP contribution is 2.23. The van der Waals surface area contributed by atoms with E-state index in [4.69, 9.17) is 9.90 Å². The number of carboxylic acids is 1. The summed E-state index contributed by atoms with van der Waals surface area (Å²) in [4.78, 5) is 41.1. The Morgan fingerprint density at radius 3 is 2.24 bits per heavy atom. The van der Waals surface area contributed by atoms with Gasteiger partial charge in [-0.05, 0) is 41.7 Å². The molecule has 3 N–H and O–H groups in total. The van der Waals surface area contributed by atoms with E-state index in [2.05, 4.69) is 39.6 Å². The van der Waals surface area contributed by atoms with Crippen LogP contribution in [0.5, 0.6) is 0 Å². The molecule has 216 valence electrons. The topological polar surface area (TPSA) is 112 Å². The van der Waals surface area contributed by atoms with Gasteiger partial charge in [-0.25, -0.2) is 9.78 Å². The summed E-state index contributed by atoms with van der Waals surface area (Å²) in [5.41, 5.74) is 2.98. The van der Waals surface area contributed by atoms with Gasteiger partial charge in [-0.2, -0.15) is 13.2 Å². The number of aromatic nitrogens is 2. The fraction of sp³-hybridized carbons (Fsp3) is 0.290. The zero-order chi connectivity index (χ0) is 29.8. The molecular weight excluding hydrogens is 535 g/mol. The van der Waals surface area contributed by atoms with Crippen LogP contribution in [0, 0.1) is 0 Å². The average Bonchev–Trinajstić information content (AvgIpc) is 3.43. The van der Waals surface area contributed by atoms with Crippen LogP contribution in [0.2, 0.25) is 0 Å². The maximum Gasteiger partial charge on any atom is 0.490 e. The van der Waals surface area contributed by atoms with Crippen LogP contribution in [0.1, 0.15) is 56.5 Å². The maximum atomic E-state index is 13.0. The molecule has 0 saturated heterocycles. The first-order valence-corrected chi connectivity index (χ1v) is 13.2. The SMILES string of the molecule is CC(=O)CCCCC[C@H](NC(=O)Cc1ccc2ccccc2c1)c1ncc(-c2ccccc2)[nH]1.O=C(O)C(F)(F)F. The first-order valence-electron chi connectivity index (χ1n) is 13.2. The van der Waals surface area contributed by atoms with Gasteiger partial charge in [0.1, 0.15) is 11.6 Å². The number of nitrogens with zero attached hydrogens (tertiary/aromatic N) is 1. The fourth-order valence-corrected chi connectivity index (χ4v) is 4.23. The number of halogens is 3. The van der Waals surface area contributed by atoms with Crippen LogP contribution in [-0.4, -0.2) is 38.9 Å². The van der Waals surface area contributed by atoms with Gasteiger partial charge in [0, 0.05) is 6.42 Å². The molecule has 4 rings (SSSR count). The van der Waals surface area contributed by atoms with Gasteiger partial charge in [-0.1, -0.05) is 85.6 Å². The molecule has 0 aliphatic heterocycles. The molecule has 1 heterocycles. The molecule has 0 fully saturated rings. The van der Waals surface area contributed by atoms with Crippen molar-refractivity contribution in [3.63, 3.8) is 0 Å². The minimum absolute atomic E-state index is 0.0262. The van der Waals surface area contributed by atoms with Gasteiger partial charge < -0.3 is 20.2 Å². The van der Waals surface area contributed by atoms with Crippen molar-refractivity contribution in [3.05, 3.63) is 90.4 Å². The lowest BCUT2D eigenvalue weighted by molar-refractivity contribution is -0.192. The molecule has 0 bridgehead atoms. The number of nitrogens with one attached hydrogen (secondary N) is 2. The van der Waals surface area contributed by atoms with E-state index >= 15 is 0 Å². The average molecular weight is 568 g/mol. The first-order chi connectivity index (χ1) is 19.5. The van der Waals surface area contributed by atoms with Crippen LogP contribution in [0.25, 0.3) is 22.0 Å². The molecule has 1 amide bonds. The van der Waals surface area contributed by atoms with Crippen LogP contribution in [0.4, 0.5) is 13.2 Å². The van der Waals surface area contributed by atoms with Gasteiger partial charge in [0.2, 0.25) is 5.91 Å². The fourth-order valence-electron chi connectivity index (χ4n) is 4.23. The molecule has 1 aromatic heterocycles. The van der Waals surface area contributed by atoms with Crippen LogP contribution in [0.15, 0.2) is 79.0 Å². The Labute approximate surface area is 235 Å². The number of ketones is 1. The van der Waals surface area contributed by atoms with Crippen molar-refractivity contribution in [2.75, 3.05) is 0 Å². The minimum Gasteiger partial charge on any atom is -0.475 e. The zero-order valence-corrected chi connectivity index (χ0v) is 22.6. The van der Waals surface area contributed by atoms with Crippen LogP contribution in [-0.2, 0) is 20.8 Å². The number of unbranched alkanes of at least 4 members (excludes halogenated alkanes) is 2. The summed E-state index contributed by atoms with van der Waals surface area (Å²) in [6.45, 7) is 1.63. The molecule has 0 spiro atoms. The van der Waals surface area contributed by atoms with Crippen molar-refractivity contribution in [1.82, 2.24) is 15.3 Å². The molecule has 1 atom stereocenters. The molecular formula is C31H32F3N3O4. The second-order valence-corrected chi connectivity index (χ2v) is 9.63. The number of aromatic amines is 1. The highest BCUT2D eigenvalue weighted by atomic mass is 19.4. The lowest BCUT2D eigenvalue weighted by Crippen LogP contribution is -2.30. The number of imidazole rings is 1. The summed E-state index contributed by atoms with van der Waals surface area (Å²) in [6.07, 6.45) is 1.17.